The Hall–Kier alpha value is -0.870. The van der Waals surface area contributed by atoms with Crippen molar-refractivity contribution in [2.45, 2.75) is 45.1 Å². The van der Waals surface area contributed by atoms with Gasteiger partial charge in [-0.2, -0.15) is 0 Å². The topological polar surface area (TPSA) is 40.5 Å². The van der Waals surface area contributed by atoms with Gasteiger partial charge in [-0.3, -0.25) is 9.69 Å². The SMILES string of the molecule is CC1CCC(CN2CCc3sccc3C2C(=O)O)CC1. The lowest BCUT2D eigenvalue weighted by Gasteiger charge is -2.37. The number of nitrogens with zero attached hydrogens (tertiary/aromatic N) is 1. The Kier molecular flexibility index (Phi) is 4.13. The summed E-state index contributed by atoms with van der Waals surface area (Å²) in [5.74, 6) is 0.855. The van der Waals surface area contributed by atoms with Gasteiger partial charge < -0.3 is 5.11 Å². The van der Waals surface area contributed by atoms with E-state index in [-0.39, 0.29) is 0 Å². The molecular formula is C16H23NO2S. The van der Waals surface area contributed by atoms with Crippen LogP contribution in [0.5, 0.6) is 0 Å². The fourth-order valence-electron chi connectivity index (χ4n) is 3.70. The fraction of sp³-hybridized carbons (Fsp3) is 0.688. The van der Waals surface area contributed by atoms with Crippen molar-refractivity contribution in [1.29, 1.82) is 0 Å². The number of hydrogen-bond acceptors (Lipinski definition) is 3. The molecule has 2 heterocycles. The molecule has 1 aliphatic carbocycles. The quantitative estimate of drug-likeness (QED) is 0.926. The monoisotopic (exact) mass is 293 g/mol. The van der Waals surface area contributed by atoms with Gasteiger partial charge in [0.05, 0.1) is 0 Å². The van der Waals surface area contributed by atoms with Gasteiger partial charge in [0.2, 0.25) is 0 Å². The number of carbonyl (C=O) groups is 1. The summed E-state index contributed by atoms with van der Waals surface area (Å²) in [4.78, 5) is 15.2. The molecule has 0 radical (unpaired) electrons. The number of thiophene rings is 1. The predicted octanol–water partition coefficient (Wildman–Crippen LogP) is 3.56. The Labute approximate surface area is 124 Å². The van der Waals surface area contributed by atoms with Gasteiger partial charge in [0.1, 0.15) is 6.04 Å². The molecule has 0 saturated heterocycles. The molecule has 1 N–H and O–H groups in total. The minimum atomic E-state index is -0.687. The molecule has 1 fully saturated rings. The number of carboxylic acids is 1. The van der Waals surface area contributed by atoms with Gasteiger partial charge >= 0.3 is 5.97 Å². The van der Waals surface area contributed by atoms with Gasteiger partial charge in [0.15, 0.2) is 0 Å². The van der Waals surface area contributed by atoms with E-state index >= 15 is 0 Å². The predicted molar refractivity (Wildman–Crippen MR) is 81.1 cm³/mol. The average Bonchev–Trinajstić information content (AvgIpc) is 2.89. The zero-order valence-electron chi connectivity index (χ0n) is 12.0. The lowest BCUT2D eigenvalue weighted by Crippen LogP contribution is -2.42. The summed E-state index contributed by atoms with van der Waals surface area (Å²) < 4.78 is 0. The van der Waals surface area contributed by atoms with E-state index in [4.69, 9.17) is 0 Å². The van der Waals surface area contributed by atoms with Crippen molar-refractivity contribution in [3.8, 4) is 0 Å². The summed E-state index contributed by atoms with van der Waals surface area (Å²) in [7, 11) is 0. The molecule has 0 spiro atoms. The molecule has 3 nitrogen and oxygen atoms in total. The molecule has 3 rings (SSSR count). The molecular weight excluding hydrogens is 270 g/mol. The second-order valence-electron chi connectivity index (χ2n) is 6.41. The first-order chi connectivity index (χ1) is 9.65. The maximum Gasteiger partial charge on any atom is 0.325 e. The highest BCUT2D eigenvalue weighted by molar-refractivity contribution is 7.10. The smallest absolute Gasteiger partial charge is 0.325 e. The van der Waals surface area contributed by atoms with Crippen LogP contribution >= 0.6 is 11.3 Å². The average molecular weight is 293 g/mol. The molecule has 20 heavy (non-hydrogen) atoms. The lowest BCUT2D eigenvalue weighted by molar-refractivity contribution is -0.144. The summed E-state index contributed by atoms with van der Waals surface area (Å²) in [5, 5.41) is 11.6. The van der Waals surface area contributed by atoms with Crippen molar-refractivity contribution in [1.82, 2.24) is 4.90 Å². The van der Waals surface area contributed by atoms with Gasteiger partial charge in [0, 0.05) is 18.0 Å². The third kappa shape index (κ3) is 2.77. The van der Waals surface area contributed by atoms with Crippen LogP contribution in [0.1, 0.15) is 49.1 Å². The summed E-state index contributed by atoms with van der Waals surface area (Å²) in [6.07, 6.45) is 6.15. The van der Waals surface area contributed by atoms with Crippen LogP contribution in [-0.4, -0.2) is 29.1 Å². The molecule has 4 heteroatoms. The van der Waals surface area contributed by atoms with Gasteiger partial charge in [-0.1, -0.05) is 19.8 Å². The maximum absolute atomic E-state index is 11.7. The zero-order chi connectivity index (χ0) is 14.1. The highest BCUT2D eigenvalue weighted by Gasteiger charge is 2.35. The highest BCUT2D eigenvalue weighted by Crippen LogP contribution is 2.36. The third-order valence-electron chi connectivity index (χ3n) is 4.93. The van der Waals surface area contributed by atoms with E-state index in [0.717, 1.165) is 31.0 Å². The number of hydrogen-bond donors (Lipinski definition) is 1. The van der Waals surface area contributed by atoms with E-state index in [9.17, 15) is 9.90 Å². The fourth-order valence-corrected chi connectivity index (χ4v) is 4.60. The molecule has 2 aliphatic rings. The van der Waals surface area contributed by atoms with Crippen molar-refractivity contribution < 1.29 is 9.90 Å². The molecule has 1 aromatic rings. The van der Waals surface area contributed by atoms with Crippen LogP contribution in [0, 0.1) is 11.8 Å². The summed E-state index contributed by atoms with van der Waals surface area (Å²) in [6, 6.07) is 1.60. The standard InChI is InChI=1S/C16H23NO2S/c1-11-2-4-12(5-3-11)10-17-8-6-14-13(7-9-20-14)15(17)16(18)19/h7,9,11-12,15H,2-6,8,10H2,1H3,(H,18,19). The second kappa shape index (κ2) is 5.86. The highest BCUT2D eigenvalue weighted by atomic mass is 32.1. The Morgan fingerprint density at radius 1 is 1.40 bits per heavy atom. The summed E-state index contributed by atoms with van der Waals surface area (Å²) >= 11 is 1.70. The Morgan fingerprint density at radius 3 is 2.85 bits per heavy atom. The Balaban J connectivity index is 1.71. The van der Waals surface area contributed by atoms with Gasteiger partial charge in [0.25, 0.3) is 0 Å². The van der Waals surface area contributed by atoms with Crippen molar-refractivity contribution in [2.75, 3.05) is 13.1 Å². The summed E-state index contributed by atoms with van der Waals surface area (Å²) in [5.41, 5.74) is 1.04. The van der Waals surface area contributed by atoms with E-state index in [0.29, 0.717) is 5.92 Å². The molecule has 0 aromatic carbocycles. The van der Waals surface area contributed by atoms with E-state index in [1.54, 1.807) is 11.3 Å². The van der Waals surface area contributed by atoms with E-state index in [2.05, 4.69) is 11.8 Å². The van der Waals surface area contributed by atoms with E-state index < -0.39 is 12.0 Å². The third-order valence-corrected chi connectivity index (χ3v) is 5.92. The lowest BCUT2D eigenvalue weighted by atomic mass is 9.82. The number of aliphatic carboxylic acids is 1. The second-order valence-corrected chi connectivity index (χ2v) is 7.41. The Morgan fingerprint density at radius 2 is 2.15 bits per heavy atom. The molecule has 1 saturated carbocycles. The first kappa shape index (κ1) is 14.1. The zero-order valence-corrected chi connectivity index (χ0v) is 12.9. The molecule has 1 aliphatic heterocycles. The van der Waals surface area contributed by atoms with Gasteiger partial charge in [-0.05, 0) is 48.1 Å². The molecule has 0 bridgehead atoms. The van der Waals surface area contributed by atoms with Crippen molar-refractivity contribution in [3.05, 3.63) is 21.9 Å². The molecule has 1 unspecified atom stereocenters. The number of fused-ring (bicyclic) bond motifs is 1. The minimum Gasteiger partial charge on any atom is -0.480 e. The van der Waals surface area contributed by atoms with E-state index in [1.165, 1.54) is 30.6 Å². The Bertz CT molecular complexity index is 477. The van der Waals surface area contributed by atoms with Crippen LogP contribution in [0.3, 0.4) is 0 Å². The molecule has 1 aromatic heterocycles. The van der Waals surface area contributed by atoms with Crippen LogP contribution in [0.15, 0.2) is 11.4 Å². The van der Waals surface area contributed by atoms with Crippen molar-refractivity contribution in [2.24, 2.45) is 11.8 Å². The molecule has 110 valence electrons. The molecule has 0 amide bonds. The van der Waals surface area contributed by atoms with Crippen molar-refractivity contribution in [3.63, 3.8) is 0 Å². The summed E-state index contributed by atoms with van der Waals surface area (Å²) in [6.45, 7) is 4.18. The molecule has 1 atom stereocenters. The maximum atomic E-state index is 11.7. The first-order valence-corrected chi connectivity index (χ1v) is 8.56. The van der Waals surface area contributed by atoms with Crippen LogP contribution in [0.2, 0.25) is 0 Å². The largest absolute Gasteiger partial charge is 0.480 e. The number of rotatable bonds is 3. The number of carboxylic acid groups (broad SMARTS) is 1. The van der Waals surface area contributed by atoms with Crippen LogP contribution in [-0.2, 0) is 11.2 Å². The first-order valence-electron chi connectivity index (χ1n) is 7.68. The van der Waals surface area contributed by atoms with Crippen LogP contribution < -0.4 is 0 Å². The minimum absolute atomic E-state index is 0.413. The van der Waals surface area contributed by atoms with Crippen LogP contribution in [0.25, 0.3) is 0 Å². The van der Waals surface area contributed by atoms with Gasteiger partial charge in [-0.15, -0.1) is 11.3 Å². The van der Waals surface area contributed by atoms with Gasteiger partial charge in [-0.25, -0.2) is 0 Å². The van der Waals surface area contributed by atoms with Crippen molar-refractivity contribution >= 4 is 17.3 Å². The normalized spacial score (nSPS) is 30.9. The van der Waals surface area contributed by atoms with E-state index in [1.807, 2.05) is 11.4 Å². The van der Waals surface area contributed by atoms with Crippen LogP contribution in [0.4, 0.5) is 0 Å².